The molecule has 1 aromatic carbocycles. The topological polar surface area (TPSA) is 75.7 Å². The van der Waals surface area contributed by atoms with E-state index < -0.39 is 9.84 Å². The fourth-order valence-electron chi connectivity index (χ4n) is 2.57. The summed E-state index contributed by atoms with van der Waals surface area (Å²) in [6, 6.07) is 6.46. The van der Waals surface area contributed by atoms with E-state index in [1.807, 2.05) is 7.05 Å². The van der Waals surface area contributed by atoms with Crippen LogP contribution in [-0.2, 0) is 14.6 Å². The van der Waals surface area contributed by atoms with Gasteiger partial charge in [-0.05, 0) is 37.6 Å². The monoisotopic (exact) mass is 376 g/mol. The van der Waals surface area contributed by atoms with Crippen LogP contribution in [0.25, 0.3) is 0 Å². The van der Waals surface area contributed by atoms with Gasteiger partial charge >= 0.3 is 0 Å². The zero-order chi connectivity index (χ0) is 16.9. The SMILES string of the molecule is CN(CCCOc1cccc(S(C)(=O)=O)c1)C(=O)C1CCNC1.Cl. The van der Waals surface area contributed by atoms with Crippen LogP contribution in [0.3, 0.4) is 0 Å². The third-order valence-corrected chi connectivity index (χ3v) is 5.04. The summed E-state index contributed by atoms with van der Waals surface area (Å²) in [5.41, 5.74) is 0. The molecular formula is C16H25ClN2O4S. The van der Waals surface area contributed by atoms with Gasteiger partial charge in [0.1, 0.15) is 5.75 Å². The summed E-state index contributed by atoms with van der Waals surface area (Å²) < 4.78 is 28.6. The molecule has 0 bridgehead atoms. The molecule has 8 heteroatoms. The molecule has 0 aliphatic carbocycles. The second-order valence-electron chi connectivity index (χ2n) is 5.90. The summed E-state index contributed by atoms with van der Waals surface area (Å²) in [6.07, 6.45) is 2.77. The number of amides is 1. The Kier molecular flexibility index (Phi) is 7.99. The van der Waals surface area contributed by atoms with Crippen molar-refractivity contribution in [2.24, 2.45) is 5.92 Å². The van der Waals surface area contributed by atoms with Gasteiger partial charge in [-0.15, -0.1) is 12.4 Å². The van der Waals surface area contributed by atoms with Crippen LogP contribution in [0.2, 0.25) is 0 Å². The Morgan fingerprint density at radius 1 is 1.42 bits per heavy atom. The molecule has 1 heterocycles. The van der Waals surface area contributed by atoms with Crippen molar-refractivity contribution < 1.29 is 17.9 Å². The van der Waals surface area contributed by atoms with E-state index in [9.17, 15) is 13.2 Å². The molecule has 6 nitrogen and oxygen atoms in total. The second-order valence-corrected chi connectivity index (χ2v) is 7.91. The van der Waals surface area contributed by atoms with Gasteiger partial charge in [-0.3, -0.25) is 4.79 Å². The molecule has 0 saturated carbocycles. The van der Waals surface area contributed by atoms with Crippen molar-refractivity contribution in [3.8, 4) is 5.75 Å². The Hall–Kier alpha value is -1.31. The normalized spacial score (nSPS) is 17.2. The predicted molar refractivity (Wildman–Crippen MR) is 95.5 cm³/mol. The molecule has 0 aromatic heterocycles. The average Bonchev–Trinajstić information content (AvgIpc) is 3.04. The standard InChI is InChI=1S/C16H24N2O4S.ClH/c1-18(16(19)13-7-8-17-12-13)9-4-10-22-14-5-3-6-15(11-14)23(2,20)21;/h3,5-6,11,13,17H,4,7-10,12H2,1-2H3;1H. The minimum absolute atomic E-state index is 0. The van der Waals surface area contributed by atoms with E-state index in [4.69, 9.17) is 4.74 Å². The van der Waals surface area contributed by atoms with E-state index >= 15 is 0 Å². The number of ether oxygens (including phenoxy) is 1. The van der Waals surface area contributed by atoms with E-state index in [1.54, 1.807) is 23.1 Å². The van der Waals surface area contributed by atoms with Crippen LogP contribution in [0.15, 0.2) is 29.2 Å². The maximum absolute atomic E-state index is 12.1. The second kappa shape index (κ2) is 9.25. The highest BCUT2D eigenvalue weighted by molar-refractivity contribution is 7.90. The van der Waals surface area contributed by atoms with Crippen molar-refractivity contribution in [3.63, 3.8) is 0 Å². The number of sulfone groups is 1. The molecule has 1 saturated heterocycles. The number of rotatable bonds is 7. The first-order chi connectivity index (χ1) is 10.9. The summed E-state index contributed by atoms with van der Waals surface area (Å²) in [7, 11) is -1.42. The van der Waals surface area contributed by atoms with E-state index in [0.29, 0.717) is 25.3 Å². The molecule has 1 atom stereocenters. The number of benzene rings is 1. The maximum atomic E-state index is 12.1. The lowest BCUT2D eigenvalue weighted by molar-refractivity contribution is -0.133. The summed E-state index contributed by atoms with van der Waals surface area (Å²) in [5, 5.41) is 3.19. The number of hydrogen-bond donors (Lipinski definition) is 1. The highest BCUT2D eigenvalue weighted by Gasteiger charge is 2.24. The summed E-state index contributed by atoms with van der Waals surface area (Å²) in [4.78, 5) is 14.1. The molecule has 1 aromatic rings. The highest BCUT2D eigenvalue weighted by Crippen LogP contribution is 2.17. The zero-order valence-corrected chi connectivity index (χ0v) is 15.7. The molecule has 24 heavy (non-hydrogen) atoms. The van der Waals surface area contributed by atoms with Crippen molar-refractivity contribution in [3.05, 3.63) is 24.3 Å². The Labute approximate surface area is 149 Å². The Bertz CT molecular complexity index is 645. The molecule has 1 unspecified atom stereocenters. The van der Waals surface area contributed by atoms with E-state index in [0.717, 1.165) is 19.5 Å². The Morgan fingerprint density at radius 3 is 2.79 bits per heavy atom. The number of halogens is 1. The lowest BCUT2D eigenvalue weighted by Gasteiger charge is -2.20. The molecule has 136 valence electrons. The first kappa shape index (κ1) is 20.7. The maximum Gasteiger partial charge on any atom is 0.226 e. The molecule has 1 amide bonds. The fraction of sp³-hybridized carbons (Fsp3) is 0.562. The number of nitrogens with zero attached hydrogens (tertiary/aromatic N) is 1. The molecule has 1 aliphatic heterocycles. The molecule has 1 N–H and O–H groups in total. The summed E-state index contributed by atoms with van der Waals surface area (Å²) in [6.45, 7) is 2.73. The van der Waals surface area contributed by atoms with Gasteiger partial charge in [0.05, 0.1) is 17.4 Å². The van der Waals surface area contributed by atoms with Crippen molar-refractivity contribution in [2.45, 2.75) is 17.7 Å². The predicted octanol–water partition coefficient (Wildman–Crippen LogP) is 1.35. The lowest BCUT2D eigenvalue weighted by Crippen LogP contribution is -2.35. The van der Waals surface area contributed by atoms with Gasteiger partial charge in [-0.1, -0.05) is 6.07 Å². The minimum Gasteiger partial charge on any atom is -0.493 e. The average molecular weight is 377 g/mol. The summed E-state index contributed by atoms with van der Waals surface area (Å²) in [5.74, 6) is 0.795. The Balaban J connectivity index is 0.00000288. The van der Waals surface area contributed by atoms with E-state index in [2.05, 4.69) is 5.32 Å². The van der Waals surface area contributed by atoms with Crippen molar-refractivity contribution in [2.75, 3.05) is 39.5 Å². The fourth-order valence-corrected chi connectivity index (χ4v) is 3.23. The first-order valence-corrected chi connectivity index (χ1v) is 9.65. The van der Waals surface area contributed by atoms with Crippen LogP contribution in [0.1, 0.15) is 12.8 Å². The van der Waals surface area contributed by atoms with Crippen LogP contribution in [-0.4, -0.2) is 58.8 Å². The Morgan fingerprint density at radius 2 is 2.17 bits per heavy atom. The number of hydrogen-bond acceptors (Lipinski definition) is 5. The number of carbonyl (C=O) groups is 1. The van der Waals surface area contributed by atoms with Crippen LogP contribution >= 0.6 is 12.4 Å². The number of carbonyl (C=O) groups excluding carboxylic acids is 1. The zero-order valence-electron chi connectivity index (χ0n) is 14.0. The minimum atomic E-state index is -3.23. The first-order valence-electron chi connectivity index (χ1n) is 7.76. The van der Waals surface area contributed by atoms with Gasteiger partial charge in [-0.25, -0.2) is 8.42 Å². The van der Waals surface area contributed by atoms with E-state index in [1.165, 1.54) is 12.3 Å². The number of nitrogens with one attached hydrogen (secondary N) is 1. The van der Waals surface area contributed by atoms with Gasteiger partial charge in [0.25, 0.3) is 0 Å². The van der Waals surface area contributed by atoms with Crippen LogP contribution in [0.5, 0.6) is 5.75 Å². The van der Waals surface area contributed by atoms with Gasteiger partial charge < -0.3 is 15.0 Å². The van der Waals surface area contributed by atoms with Crippen LogP contribution < -0.4 is 10.1 Å². The third-order valence-electron chi connectivity index (χ3n) is 3.93. The van der Waals surface area contributed by atoms with Crippen molar-refractivity contribution >= 4 is 28.2 Å². The lowest BCUT2D eigenvalue weighted by atomic mass is 10.1. The van der Waals surface area contributed by atoms with Crippen LogP contribution in [0, 0.1) is 5.92 Å². The molecule has 0 radical (unpaired) electrons. The smallest absolute Gasteiger partial charge is 0.226 e. The quantitative estimate of drug-likeness (QED) is 0.727. The largest absolute Gasteiger partial charge is 0.493 e. The van der Waals surface area contributed by atoms with Crippen LogP contribution in [0.4, 0.5) is 0 Å². The molecule has 1 fully saturated rings. The third kappa shape index (κ3) is 5.96. The van der Waals surface area contributed by atoms with Gasteiger partial charge in [-0.2, -0.15) is 0 Å². The molecular weight excluding hydrogens is 352 g/mol. The molecule has 0 spiro atoms. The van der Waals surface area contributed by atoms with Gasteiger partial charge in [0.15, 0.2) is 9.84 Å². The summed E-state index contributed by atoms with van der Waals surface area (Å²) >= 11 is 0. The highest BCUT2D eigenvalue weighted by atomic mass is 35.5. The van der Waals surface area contributed by atoms with E-state index in [-0.39, 0.29) is 29.1 Å². The van der Waals surface area contributed by atoms with Crippen molar-refractivity contribution in [1.29, 1.82) is 0 Å². The van der Waals surface area contributed by atoms with Gasteiger partial charge in [0, 0.05) is 26.4 Å². The van der Waals surface area contributed by atoms with Gasteiger partial charge in [0.2, 0.25) is 5.91 Å². The molecule has 1 aliphatic rings. The molecule has 2 rings (SSSR count). The van der Waals surface area contributed by atoms with Crippen molar-refractivity contribution in [1.82, 2.24) is 10.2 Å².